The van der Waals surface area contributed by atoms with Gasteiger partial charge in [-0.05, 0) is 24.7 Å². The molecule has 0 heterocycles. The van der Waals surface area contributed by atoms with E-state index in [-0.39, 0.29) is 0 Å². The van der Waals surface area contributed by atoms with Crippen molar-refractivity contribution in [2.45, 2.75) is 26.2 Å². The third-order valence-corrected chi connectivity index (χ3v) is 1.88. The molecule has 0 rings (SSSR count). The molecule has 0 bridgehead atoms. The van der Waals surface area contributed by atoms with E-state index in [0.717, 1.165) is 19.3 Å². The highest BCUT2D eigenvalue weighted by molar-refractivity contribution is 4.88. The molecule has 0 aliphatic heterocycles. The van der Waals surface area contributed by atoms with Crippen molar-refractivity contribution >= 4 is 0 Å². The van der Waals surface area contributed by atoms with Crippen molar-refractivity contribution in [3.8, 4) is 0 Å². The van der Waals surface area contributed by atoms with E-state index in [4.69, 9.17) is 0 Å². The summed E-state index contributed by atoms with van der Waals surface area (Å²) in [5, 5.41) is 0. The van der Waals surface area contributed by atoms with E-state index in [9.17, 15) is 0 Å². The zero-order valence-corrected chi connectivity index (χ0v) is 6.90. The zero-order valence-electron chi connectivity index (χ0n) is 6.90. The molecule has 0 spiro atoms. The average molecular weight is 137 g/mol. The standard InChI is InChI=1S/C10H17/c1-5-8-10(4,7-3)9-6-2/h5-6H,1-3,7-9H2,4H3. The predicted molar refractivity (Wildman–Crippen MR) is 47.7 cm³/mol. The van der Waals surface area contributed by atoms with Crippen LogP contribution in [0.5, 0.6) is 0 Å². The molecule has 0 saturated carbocycles. The maximum Gasteiger partial charge on any atom is -0.0257 e. The Labute approximate surface area is 64.6 Å². The van der Waals surface area contributed by atoms with Gasteiger partial charge in [0.25, 0.3) is 0 Å². The fourth-order valence-corrected chi connectivity index (χ4v) is 0.984. The highest BCUT2D eigenvalue weighted by atomic mass is 14.2. The largest absolute Gasteiger partial charge is 0.103 e. The van der Waals surface area contributed by atoms with Gasteiger partial charge >= 0.3 is 0 Å². The minimum absolute atomic E-state index is 0.295. The normalized spacial score (nSPS) is 11.0. The first kappa shape index (κ1) is 9.48. The van der Waals surface area contributed by atoms with Gasteiger partial charge in [0.1, 0.15) is 0 Å². The molecule has 0 aromatic heterocycles. The van der Waals surface area contributed by atoms with Gasteiger partial charge in [-0.25, -0.2) is 0 Å². The van der Waals surface area contributed by atoms with Crippen LogP contribution < -0.4 is 0 Å². The summed E-state index contributed by atoms with van der Waals surface area (Å²) in [5.74, 6) is 0. The van der Waals surface area contributed by atoms with E-state index < -0.39 is 0 Å². The van der Waals surface area contributed by atoms with Crippen molar-refractivity contribution in [3.05, 3.63) is 32.2 Å². The van der Waals surface area contributed by atoms with E-state index in [0.29, 0.717) is 5.41 Å². The van der Waals surface area contributed by atoms with Crippen LogP contribution in [0.1, 0.15) is 26.2 Å². The van der Waals surface area contributed by atoms with Crippen LogP contribution in [0.15, 0.2) is 25.3 Å². The number of allylic oxidation sites excluding steroid dienone is 2. The van der Waals surface area contributed by atoms with Crippen molar-refractivity contribution in [3.63, 3.8) is 0 Å². The summed E-state index contributed by atoms with van der Waals surface area (Å²) >= 11 is 0. The van der Waals surface area contributed by atoms with Crippen LogP contribution in [0.3, 0.4) is 0 Å². The van der Waals surface area contributed by atoms with E-state index in [2.05, 4.69) is 27.0 Å². The molecule has 0 unspecified atom stereocenters. The zero-order chi connectivity index (χ0) is 8.04. The molecule has 57 valence electrons. The van der Waals surface area contributed by atoms with Crippen molar-refractivity contribution in [1.82, 2.24) is 0 Å². The lowest BCUT2D eigenvalue weighted by Crippen LogP contribution is -2.12. The van der Waals surface area contributed by atoms with Gasteiger partial charge in [0.05, 0.1) is 0 Å². The summed E-state index contributed by atoms with van der Waals surface area (Å²) < 4.78 is 0. The second kappa shape index (κ2) is 4.32. The van der Waals surface area contributed by atoms with E-state index in [1.807, 2.05) is 12.2 Å². The Morgan fingerprint density at radius 2 is 1.60 bits per heavy atom. The van der Waals surface area contributed by atoms with Crippen LogP contribution >= 0.6 is 0 Å². The van der Waals surface area contributed by atoms with Crippen LogP contribution in [-0.4, -0.2) is 0 Å². The molecule has 0 nitrogen and oxygen atoms in total. The first-order chi connectivity index (χ1) is 4.68. The fraction of sp³-hybridized carbons (Fsp3) is 0.500. The SMILES string of the molecule is [CH2]CC(C)(CC=C)CC=C. The Morgan fingerprint density at radius 1 is 1.20 bits per heavy atom. The summed E-state index contributed by atoms with van der Waals surface area (Å²) in [6, 6.07) is 0. The van der Waals surface area contributed by atoms with Crippen LogP contribution in [0.2, 0.25) is 0 Å². The maximum atomic E-state index is 3.90. The number of rotatable bonds is 5. The van der Waals surface area contributed by atoms with Gasteiger partial charge in [0, 0.05) is 0 Å². The highest BCUT2D eigenvalue weighted by Gasteiger charge is 2.17. The lowest BCUT2D eigenvalue weighted by atomic mass is 9.81. The molecule has 0 heteroatoms. The monoisotopic (exact) mass is 137 g/mol. The average Bonchev–Trinajstić information content (AvgIpc) is 1.89. The summed E-state index contributed by atoms with van der Waals surface area (Å²) in [7, 11) is 0. The molecule has 0 fully saturated rings. The van der Waals surface area contributed by atoms with Crippen molar-refractivity contribution in [1.29, 1.82) is 0 Å². The van der Waals surface area contributed by atoms with Crippen LogP contribution in [0.25, 0.3) is 0 Å². The molecular weight excluding hydrogens is 120 g/mol. The first-order valence-electron chi connectivity index (χ1n) is 3.69. The molecule has 0 aromatic carbocycles. The second-order valence-electron chi connectivity index (χ2n) is 3.05. The molecule has 10 heavy (non-hydrogen) atoms. The second-order valence-corrected chi connectivity index (χ2v) is 3.05. The molecule has 0 N–H and O–H groups in total. The molecule has 0 atom stereocenters. The Balaban J connectivity index is 3.92. The van der Waals surface area contributed by atoms with Crippen LogP contribution in [-0.2, 0) is 0 Å². The summed E-state index contributed by atoms with van der Waals surface area (Å²) in [5.41, 5.74) is 0.295. The van der Waals surface area contributed by atoms with Crippen LogP contribution in [0.4, 0.5) is 0 Å². The third kappa shape index (κ3) is 2.86. The summed E-state index contributed by atoms with van der Waals surface area (Å²) in [4.78, 5) is 0. The summed E-state index contributed by atoms with van der Waals surface area (Å²) in [6.07, 6.45) is 6.92. The van der Waals surface area contributed by atoms with Crippen molar-refractivity contribution < 1.29 is 0 Å². The number of hydrogen-bond donors (Lipinski definition) is 0. The van der Waals surface area contributed by atoms with Gasteiger partial charge < -0.3 is 0 Å². The van der Waals surface area contributed by atoms with Crippen molar-refractivity contribution in [2.75, 3.05) is 0 Å². The first-order valence-corrected chi connectivity index (χ1v) is 3.69. The fourth-order valence-electron chi connectivity index (χ4n) is 0.984. The van der Waals surface area contributed by atoms with Gasteiger partial charge in [-0.1, -0.05) is 26.0 Å². The van der Waals surface area contributed by atoms with E-state index in [1.165, 1.54) is 0 Å². The van der Waals surface area contributed by atoms with Crippen LogP contribution in [0, 0.1) is 12.3 Å². The molecular formula is C10H17. The minimum Gasteiger partial charge on any atom is -0.103 e. The van der Waals surface area contributed by atoms with E-state index >= 15 is 0 Å². The lowest BCUT2D eigenvalue weighted by Gasteiger charge is -2.24. The Morgan fingerprint density at radius 3 is 1.80 bits per heavy atom. The van der Waals surface area contributed by atoms with Gasteiger partial charge in [-0.2, -0.15) is 0 Å². The maximum absolute atomic E-state index is 3.90. The molecule has 0 aromatic rings. The Bertz CT molecular complexity index is 101. The van der Waals surface area contributed by atoms with E-state index in [1.54, 1.807) is 0 Å². The molecule has 0 amide bonds. The smallest absolute Gasteiger partial charge is 0.0257 e. The predicted octanol–water partition coefficient (Wildman–Crippen LogP) is 3.37. The minimum atomic E-state index is 0.295. The number of hydrogen-bond acceptors (Lipinski definition) is 0. The topological polar surface area (TPSA) is 0 Å². The summed E-state index contributed by atoms with van der Waals surface area (Å²) in [6.45, 7) is 13.5. The van der Waals surface area contributed by atoms with Crippen molar-refractivity contribution in [2.24, 2.45) is 5.41 Å². The van der Waals surface area contributed by atoms with Gasteiger partial charge in [0.2, 0.25) is 0 Å². The Hall–Kier alpha value is -0.520. The molecule has 1 radical (unpaired) electrons. The van der Waals surface area contributed by atoms with Gasteiger partial charge in [0.15, 0.2) is 0 Å². The highest BCUT2D eigenvalue weighted by Crippen LogP contribution is 2.29. The van der Waals surface area contributed by atoms with Gasteiger partial charge in [-0.15, -0.1) is 13.2 Å². The Kier molecular flexibility index (Phi) is 4.10. The molecule has 0 saturated heterocycles. The lowest BCUT2D eigenvalue weighted by molar-refractivity contribution is 0.336. The quantitative estimate of drug-likeness (QED) is 0.510. The van der Waals surface area contributed by atoms with Gasteiger partial charge in [-0.3, -0.25) is 0 Å². The molecule has 0 aliphatic rings. The third-order valence-electron chi connectivity index (χ3n) is 1.88. The molecule has 0 aliphatic carbocycles.